The van der Waals surface area contributed by atoms with Crippen LogP contribution in [0.5, 0.6) is 5.75 Å². The molecule has 0 N–H and O–H groups in total. The van der Waals surface area contributed by atoms with Gasteiger partial charge in [0.15, 0.2) is 0 Å². The SMILES string of the molecule is CC(C)(C)OC(=O)N1CCC[C@@H]1COc1ccc(C(c2ccccc2)c2cccs2)cc1. The van der Waals surface area contributed by atoms with Crippen molar-refractivity contribution in [3.63, 3.8) is 0 Å². The summed E-state index contributed by atoms with van der Waals surface area (Å²) in [5.41, 5.74) is 2.03. The van der Waals surface area contributed by atoms with Gasteiger partial charge < -0.3 is 14.4 Å². The third-order valence-electron chi connectivity index (χ3n) is 5.62. The second kappa shape index (κ2) is 9.78. The van der Waals surface area contributed by atoms with E-state index in [1.807, 2.05) is 37.8 Å². The summed E-state index contributed by atoms with van der Waals surface area (Å²) in [5, 5.41) is 2.13. The van der Waals surface area contributed by atoms with Crippen LogP contribution in [0.1, 0.15) is 55.5 Å². The zero-order valence-corrected chi connectivity index (χ0v) is 19.8. The Morgan fingerprint density at radius 2 is 1.75 bits per heavy atom. The van der Waals surface area contributed by atoms with Crippen LogP contribution in [-0.2, 0) is 4.74 Å². The van der Waals surface area contributed by atoms with E-state index in [9.17, 15) is 4.79 Å². The van der Waals surface area contributed by atoms with Crippen LogP contribution in [0.25, 0.3) is 0 Å². The molecule has 1 aliphatic heterocycles. The first-order valence-corrected chi connectivity index (χ1v) is 12.1. The molecule has 0 bridgehead atoms. The number of rotatable bonds is 6. The van der Waals surface area contributed by atoms with Gasteiger partial charge in [-0.05, 0) is 68.3 Å². The Kier molecular flexibility index (Phi) is 6.85. The van der Waals surface area contributed by atoms with Crippen LogP contribution in [0.3, 0.4) is 0 Å². The minimum absolute atomic E-state index is 0.0488. The van der Waals surface area contributed by atoms with Crippen molar-refractivity contribution < 1.29 is 14.3 Å². The molecule has 168 valence electrons. The van der Waals surface area contributed by atoms with E-state index in [0.29, 0.717) is 6.61 Å². The van der Waals surface area contributed by atoms with E-state index < -0.39 is 5.60 Å². The van der Waals surface area contributed by atoms with Gasteiger partial charge in [-0.3, -0.25) is 0 Å². The first-order chi connectivity index (χ1) is 15.4. The molecule has 2 aromatic carbocycles. The van der Waals surface area contributed by atoms with Gasteiger partial charge in [-0.1, -0.05) is 48.5 Å². The highest BCUT2D eigenvalue weighted by Gasteiger charge is 2.32. The van der Waals surface area contributed by atoms with Crippen molar-refractivity contribution in [2.24, 2.45) is 0 Å². The second-order valence-electron chi connectivity index (χ2n) is 9.21. The largest absolute Gasteiger partial charge is 0.491 e. The molecule has 0 radical (unpaired) electrons. The monoisotopic (exact) mass is 449 g/mol. The fourth-order valence-corrected chi connectivity index (χ4v) is 5.02. The third-order valence-corrected chi connectivity index (χ3v) is 6.56. The fraction of sp³-hybridized carbons (Fsp3) is 0.370. The molecule has 1 fully saturated rings. The molecule has 0 aliphatic carbocycles. The number of carbonyl (C=O) groups is 1. The molecule has 32 heavy (non-hydrogen) atoms. The minimum Gasteiger partial charge on any atom is -0.491 e. The van der Waals surface area contributed by atoms with Gasteiger partial charge in [0, 0.05) is 17.3 Å². The molecule has 5 heteroatoms. The molecule has 4 rings (SSSR count). The lowest BCUT2D eigenvalue weighted by atomic mass is 9.90. The van der Waals surface area contributed by atoms with E-state index >= 15 is 0 Å². The van der Waals surface area contributed by atoms with Gasteiger partial charge >= 0.3 is 6.09 Å². The number of benzene rings is 2. The zero-order valence-electron chi connectivity index (χ0n) is 19.0. The van der Waals surface area contributed by atoms with E-state index in [2.05, 4.69) is 60.0 Å². The van der Waals surface area contributed by atoms with Crippen molar-refractivity contribution in [1.82, 2.24) is 4.90 Å². The Bertz CT molecular complexity index is 994. The highest BCUT2D eigenvalue weighted by Crippen LogP contribution is 2.35. The number of ether oxygens (including phenoxy) is 2. The van der Waals surface area contributed by atoms with Crippen molar-refractivity contribution in [3.05, 3.63) is 88.1 Å². The Morgan fingerprint density at radius 1 is 1.03 bits per heavy atom. The number of carbonyl (C=O) groups excluding carboxylic acids is 1. The minimum atomic E-state index is -0.487. The van der Waals surface area contributed by atoms with Crippen molar-refractivity contribution in [2.45, 2.75) is 51.2 Å². The Balaban J connectivity index is 1.43. The number of amides is 1. The van der Waals surface area contributed by atoms with Crippen molar-refractivity contribution >= 4 is 17.4 Å². The summed E-state index contributed by atoms with van der Waals surface area (Å²) in [6.07, 6.45) is 1.66. The molecule has 3 aromatic rings. The van der Waals surface area contributed by atoms with Crippen LogP contribution >= 0.6 is 11.3 Å². The maximum absolute atomic E-state index is 12.5. The van der Waals surface area contributed by atoms with Crippen LogP contribution in [0.4, 0.5) is 4.79 Å². The van der Waals surface area contributed by atoms with Crippen molar-refractivity contribution in [3.8, 4) is 5.75 Å². The number of hydrogen-bond donors (Lipinski definition) is 0. The lowest BCUT2D eigenvalue weighted by molar-refractivity contribution is 0.0187. The quantitative estimate of drug-likeness (QED) is 0.420. The predicted octanol–water partition coefficient (Wildman–Crippen LogP) is 6.71. The average molecular weight is 450 g/mol. The highest BCUT2D eigenvalue weighted by atomic mass is 32.1. The van der Waals surface area contributed by atoms with Gasteiger partial charge in [0.2, 0.25) is 0 Å². The molecule has 1 amide bonds. The zero-order chi connectivity index (χ0) is 22.6. The topological polar surface area (TPSA) is 38.8 Å². The van der Waals surface area contributed by atoms with Crippen LogP contribution in [-0.4, -0.2) is 35.8 Å². The van der Waals surface area contributed by atoms with Gasteiger partial charge in [-0.25, -0.2) is 4.79 Å². The summed E-state index contributed by atoms with van der Waals surface area (Å²) in [4.78, 5) is 15.6. The first-order valence-electron chi connectivity index (χ1n) is 11.2. The molecule has 2 heterocycles. The smallest absolute Gasteiger partial charge is 0.410 e. The number of thiophene rings is 1. The van der Waals surface area contributed by atoms with Gasteiger partial charge in [0.1, 0.15) is 18.0 Å². The van der Waals surface area contributed by atoms with Gasteiger partial charge in [-0.2, -0.15) is 0 Å². The Hall–Kier alpha value is -2.79. The molecule has 2 atom stereocenters. The summed E-state index contributed by atoms with van der Waals surface area (Å²) in [7, 11) is 0. The van der Waals surface area contributed by atoms with Gasteiger partial charge in [-0.15, -0.1) is 11.3 Å². The molecule has 0 spiro atoms. The molecule has 1 aliphatic rings. The van der Waals surface area contributed by atoms with Crippen molar-refractivity contribution in [1.29, 1.82) is 0 Å². The van der Waals surface area contributed by atoms with E-state index in [-0.39, 0.29) is 18.1 Å². The molecular formula is C27H31NO3S. The molecule has 1 saturated heterocycles. The Morgan fingerprint density at radius 3 is 2.41 bits per heavy atom. The number of likely N-dealkylation sites (tertiary alicyclic amines) is 1. The molecule has 4 nitrogen and oxygen atoms in total. The molecule has 1 aromatic heterocycles. The summed E-state index contributed by atoms with van der Waals surface area (Å²) in [6, 6.07) is 23.3. The second-order valence-corrected chi connectivity index (χ2v) is 10.2. The molecule has 1 unspecified atom stereocenters. The van der Waals surface area contributed by atoms with E-state index in [1.54, 1.807) is 11.3 Å². The standard InChI is InChI=1S/C27H31NO3S/c1-27(2,3)31-26(29)28-17-7-11-22(28)19-30-23-15-13-21(14-16-23)25(24-12-8-18-32-24)20-9-5-4-6-10-20/h4-6,8-10,12-16,18,22,25H,7,11,17,19H2,1-3H3/t22-,25?/m1/s1. The molecular weight excluding hydrogens is 418 g/mol. The summed E-state index contributed by atoms with van der Waals surface area (Å²) < 4.78 is 11.6. The number of nitrogens with zero attached hydrogens (tertiary/aromatic N) is 1. The number of hydrogen-bond acceptors (Lipinski definition) is 4. The van der Waals surface area contributed by atoms with E-state index in [4.69, 9.17) is 9.47 Å². The lowest BCUT2D eigenvalue weighted by Crippen LogP contribution is -2.42. The Labute approximate surface area is 194 Å². The van der Waals surface area contributed by atoms with Crippen molar-refractivity contribution in [2.75, 3.05) is 13.2 Å². The fourth-order valence-electron chi connectivity index (χ4n) is 4.14. The highest BCUT2D eigenvalue weighted by molar-refractivity contribution is 7.10. The van der Waals surface area contributed by atoms with Crippen LogP contribution in [0.15, 0.2) is 72.1 Å². The maximum atomic E-state index is 12.5. The van der Waals surface area contributed by atoms with Gasteiger partial charge in [0.05, 0.1) is 6.04 Å². The lowest BCUT2D eigenvalue weighted by Gasteiger charge is -2.28. The van der Waals surface area contributed by atoms with Crippen LogP contribution < -0.4 is 4.74 Å². The first kappa shape index (κ1) is 22.4. The third kappa shape index (κ3) is 5.52. The predicted molar refractivity (Wildman–Crippen MR) is 130 cm³/mol. The average Bonchev–Trinajstić information content (AvgIpc) is 3.45. The summed E-state index contributed by atoms with van der Waals surface area (Å²) >= 11 is 1.78. The van der Waals surface area contributed by atoms with E-state index in [0.717, 1.165) is 25.1 Å². The normalized spacial score (nSPS) is 17.2. The summed E-state index contributed by atoms with van der Waals surface area (Å²) in [5.74, 6) is 1.03. The molecule has 0 saturated carbocycles. The summed E-state index contributed by atoms with van der Waals surface area (Å²) in [6.45, 7) is 6.89. The van der Waals surface area contributed by atoms with Crippen LogP contribution in [0, 0.1) is 0 Å². The van der Waals surface area contributed by atoms with E-state index in [1.165, 1.54) is 16.0 Å². The maximum Gasteiger partial charge on any atom is 0.410 e. The van der Waals surface area contributed by atoms with Gasteiger partial charge in [0.25, 0.3) is 0 Å². The van der Waals surface area contributed by atoms with Crippen LogP contribution in [0.2, 0.25) is 0 Å².